The molecule has 7 nitrogen and oxygen atoms in total. The lowest BCUT2D eigenvalue weighted by atomic mass is 10.0. The fourth-order valence-corrected chi connectivity index (χ4v) is 4.20. The first-order chi connectivity index (χ1) is 14.1. The maximum absolute atomic E-state index is 12.8. The van der Waals surface area contributed by atoms with Crippen molar-refractivity contribution in [3.63, 3.8) is 0 Å². The molecule has 1 atom stereocenters. The number of aromatic nitrogens is 3. The van der Waals surface area contributed by atoms with Gasteiger partial charge in [-0.3, -0.25) is 9.36 Å². The molecular weight excluding hydrogens is 368 g/mol. The van der Waals surface area contributed by atoms with Gasteiger partial charge in [-0.25, -0.2) is 9.48 Å². The number of amides is 1. The van der Waals surface area contributed by atoms with Crippen molar-refractivity contribution in [2.24, 2.45) is 5.92 Å². The average molecular weight is 399 g/mol. The van der Waals surface area contributed by atoms with Crippen LogP contribution >= 0.6 is 0 Å². The Kier molecular flexibility index (Phi) is 5.74. The molecule has 1 unspecified atom stereocenters. The summed E-state index contributed by atoms with van der Waals surface area (Å²) in [4.78, 5) is 27.3. The second-order valence-corrected chi connectivity index (χ2v) is 8.27. The molecule has 1 aromatic heterocycles. The normalized spacial score (nSPS) is 18.8. The van der Waals surface area contributed by atoms with Gasteiger partial charge < -0.3 is 9.64 Å². The number of ether oxygens (including phenoxy) is 1. The molecule has 156 valence electrons. The van der Waals surface area contributed by atoms with Crippen molar-refractivity contribution in [3.8, 4) is 5.75 Å². The Morgan fingerprint density at radius 3 is 2.79 bits per heavy atom. The molecule has 1 fully saturated rings. The molecule has 0 spiro atoms. The highest BCUT2D eigenvalue weighted by atomic mass is 16.5. The van der Waals surface area contributed by atoms with Crippen LogP contribution in [0.25, 0.3) is 0 Å². The molecule has 0 bridgehead atoms. The minimum absolute atomic E-state index is 0.0118. The highest BCUT2D eigenvalue weighted by Gasteiger charge is 2.28. The maximum atomic E-state index is 12.8. The van der Waals surface area contributed by atoms with Gasteiger partial charge in [-0.15, -0.1) is 0 Å². The molecule has 2 heterocycles. The number of rotatable bonds is 7. The molecule has 1 aromatic carbocycles. The third-order valence-corrected chi connectivity index (χ3v) is 6.26. The number of hydrogen-bond donors (Lipinski definition) is 0. The zero-order chi connectivity index (χ0) is 20.4. The number of carbonyl (C=O) groups excluding carboxylic acids is 1. The fourth-order valence-electron chi connectivity index (χ4n) is 4.20. The first-order valence-electron chi connectivity index (χ1n) is 10.6. The SMILES string of the molecule is COc1ccccc1CCC(=O)N(C)C1CCc2nn(CC3CC3)c(=O)n2CC1. The van der Waals surface area contributed by atoms with Crippen molar-refractivity contribution in [2.75, 3.05) is 14.2 Å². The third-order valence-electron chi connectivity index (χ3n) is 6.26. The molecule has 2 aliphatic rings. The van der Waals surface area contributed by atoms with Gasteiger partial charge in [0.05, 0.1) is 7.11 Å². The molecule has 1 aliphatic carbocycles. The minimum Gasteiger partial charge on any atom is -0.496 e. The van der Waals surface area contributed by atoms with Crippen molar-refractivity contribution >= 4 is 5.91 Å². The van der Waals surface area contributed by atoms with Crippen molar-refractivity contribution in [3.05, 3.63) is 46.1 Å². The van der Waals surface area contributed by atoms with Gasteiger partial charge in [-0.1, -0.05) is 18.2 Å². The summed E-state index contributed by atoms with van der Waals surface area (Å²) in [5.41, 5.74) is 1.06. The second-order valence-electron chi connectivity index (χ2n) is 8.27. The zero-order valence-electron chi connectivity index (χ0n) is 17.3. The summed E-state index contributed by atoms with van der Waals surface area (Å²) in [6, 6.07) is 7.96. The molecule has 2 aromatic rings. The smallest absolute Gasteiger partial charge is 0.345 e. The number of nitrogens with zero attached hydrogens (tertiary/aromatic N) is 4. The topological polar surface area (TPSA) is 69.4 Å². The Balaban J connectivity index is 1.35. The standard InChI is InChI=1S/C22H30N4O3/c1-24(21(27)12-9-17-5-3-4-6-19(17)29-2)18-10-11-20-23-26(15-16-7-8-16)22(28)25(20)14-13-18/h3-6,16,18H,7-15H2,1-2H3. The number of fused-ring (bicyclic) bond motifs is 1. The van der Waals surface area contributed by atoms with Gasteiger partial charge in [0, 0.05) is 39.0 Å². The van der Waals surface area contributed by atoms with E-state index in [1.807, 2.05) is 40.8 Å². The Hall–Kier alpha value is -2.57. The number of carbonyl (C=O) groups is 1. The van der Waals surface area contributed by atoms with Gasteiger partial charge in [0.2, 0.25) is 5.91 Å². The number of hydrogen-bond acceptors (Lipinski definition) is 4. The van der Waals surface area contributed by atoms with Gasteiger partial charge in [0.15, 0.2) is 0 Å². The number of aryl methyl sites for hydroxylation is 2. The van der Waals surface area contributed by atoms with Gasteiger partial charge in [0.1, 0.15) is 11.6 Å². The van der Waals surface area contributed by atoms with Gasteiger partial charge in [-0.05, 0) is 49.7 Å². The quantitative estimate of drug-likeness (QED) is 0.717. The van der Waals surface area contributed by atoms with E-state index < -0.39 is 0 Å². The summed E-state index contributed by atoms with van der Waals surface area (Å²) in [7, 11) is 3.54. The van der Waals surface area contributed by atoms with E-state index in [1.165, 1.54) is 12.8 Å². The fraction of sp³-hybridized carbons (Fsp3) is 0.591. The first kappa shape index (κ1) is 19.7. The highest BCUT2D eigenvalue weighted by Crippen LogP contribution is 2.30. The van der Waals surface area contributed by atoms with Crippen LogP contribution in [0, 0.1) is 5.92 Å². The van der Waals surface area contributed by atoms with Crippen LogP contribution in [0.15, 0.2) is 29.1 Å². The zero-order valence-corrected chi connectivity index (χ0v) is 17.3. The molecule has 4 rings (SSSR count). The van der Waals surface area contributed by atoms with E-state index >= 15 is 0 Å². The second kappa shape index (κ2) is 8.43. The predicted molar refractivity (Wildman–Crippen MR) is 110 cm³/mol. The number of methoxy groups -OCH3 is 1. The minimum atomic E-state index is 0.0118. The maximum Gasteiger partial charge on any atom is 0.345 e. The van der Waals surface area contributed by atoms with Crippen molar-refractivity contribution in [1.82, 2.24) is 19.2 Å². The summed E-state index contributed by atoms with van der Waals surface area (Å²) < 4.78 is 8.84. The summed E-state index contributed by atoms with van der Waals surface area (Å²) in [6.45, 7) is 1.39. The van der Waals surface area contributed by atoms with E-state index in [1.54, 1.807) is 11.8 Å². The summed E-state index contributed by atoms with van der Waals surface area (Å²) >= 11 is 0. The Morgan fingerprint density at radius 2 is 2.03 bits per heavy atom. The van der Waals surface area contributed by atoms with Crippen LogP contribution in [-0.2, 0) is 30.7 Å². The average Bonchev–Trinajstić information content (AvgIpc) is 3.53. The Morgan fingerprint density at radius 1 is 1.24 bits per heavy atom. The molecular formula is C22H30N4O3. The summed E-state index contributed by atoms with van der Waals surface area (Å²) in [5.74, 6) is 2.46. The van der Waals surface area contributed by atoms with Crippen LogP contribution in [0.1, 0.15) is 43.5 Å². The first-order valence-corrected chi connectivity index (χ1v) is 10.6. The van der Waals surface area contributed by atoms with Crippen molar-refractivity contribution in [2.45, 2.75) is 64.1 Å². The number of para-hydroxylation sites is 1. The van der Waals surface area contributed by atoms with Crippen LogP contribution in [0.5, 0.6) is 5.75 Å². The molecule has 1 saturated carbocycles. The van der Waals surface area contributed by atoms with Crippen LogP contribution in [-0.4, -0.2) is 45.4 Å². The molecule has 7 heteroatoms. The molecule has 0 N–H and O–H groups in total. The van der Waals surface area contributed by atoms with E-state index in [0.29, 0.717) is 25.3 Å². The Bertz CT molecular complexity index is 928. The summed E-state index contributed by atoms with van der Waals surface area (Å²) in [6.07, 6.45) is 5.90. The predicted octanol–water partition coefficient (Wildman–Crippen LogP) is 2.26. The third kappa shape index (κ3) is 4.38. The van der Waals surface area contributed by atoms with Crippen molar-refractivity contribution < 1.29 is 9.53 Å². The van der Waals surface area contributed by atoms with Crippen LogP contribution < -0.4 is 10.4 Å². The summed E-state index contributed by atoms with van der Waals surface area (Å²) in [5, 5.41) is 4.57. The lowest BCUT2D eigenvalue weighted by Gasteiger charge is -2.27. The van der Waals surface area contributed by atoms with E-state index in [9.17, 15) is 9.59 Å². The Labute approximate surface area is 171 Å². The molecule has 1 aliphatic heterocycles. The van der Waals surface area contributed by atoms with Crippen LogP contribution in [0.4, 0.5) is 0 Å². The van der Waals surface area contributed by atoms with E-state index in [2.05, 4.69) is 5.10 Å². The largest absolute Gasteiger partial charge is 0.496 e. The van der Waals surface area contributed by atoms with Gasteiger partial charge >= 0.3 is 5.69 Å². The van der Waals surface area contributed by atoms with Gasteiger partial charge in [-0.2, -0.15) is 5.10 Å². The number of benzene rings is 1. The lowest BCUT2D eigenvalue weighted by Crippen LogP contribution is -2.38. The molecule has 29 heavy (non-hydrogen) atoms. The van der Waals surface area contributed by atoms with Gasteiger partial charge in [0.25, 0.3) is 0 Å². The van der Waals surface area contributed by atoms with E-state index in [0.717, 1.165) is 42.9 Å². The molecule has 1 amide bonds. The van der Waals surface area contributed by atoms with Crippen LogP contribution in [0.2, 0.25) is 0 Å². The highest BCUT2D eigenvalue weighted by molar-refractivity contribution is 5.76. The molecule has 0 radical (unpaired) electrons. The van der Waals surface area contributed by atoms with E-state index in [-0.39, 0.29) is 17.6 Å². The molecule has 0 saturated heterocycles. The van der Waals surface area contributed by atoms with Crippen LogP contribution in [0.3, 0.4) is 0 Å². The van der Waals surface area contributed by atoms with Crippen molar-refractivity contribution in [1.29, 1.82) is 0 Å². The monoisotopic (exact) mass is 398 g/mol. The van der Waals surface area contributed by atoms with E-state index in [4.69, 9.17) is 4.74 Å². The lowest BCUT2D eigenvalue weighted by molar-refractivity contribution is -0.132.